The van der Waals surface area contributed by atoms with Crippen LogP contribution in [0.15, 0.2) is 24.3 Å². The number of likely N-dealkylation sites (N-methyl/N-ethyl adjacent to an activating group) is 1. The van der Waals surface area contributed by atoms with Crippen molar-refractivity contribution in [3.63, 3.8) is 0 Å². The van der Waals surface area contributed by atoms with E-state index in [0.29, 0.717) is 19.8 Å². The third-order valence-corrected chi connectivity index (χ3v) is 2.97. The Morgan fingerprint density at radius 2 is 1.70 bits per heavy atom. The monoisotopic (exact) mass is 281 g/mol. The molecule has 0 heterocycles. The van der Waals surface area contributed by atoms with E-state index in [2.05, 4.69) is 31.3 Å². The zero-order valence-electron chi connectivity index (χ0n) is 12.9. The van der Waals surface area contributed by atoms with Gasteiger partial charge in [0.2, 0.25) is 0 Å². The molecule has 1 atom stereocenters. The van der Waals surface area contributed by atoms with Crippen molar-refractivity contribution < 1.29 is 14.2 Å². The van der Waals surface area contributed by atoms with Crippen LogP contribution in [0.3, 0.4) is 0 Å². The third-order valence-electron chi connectivity index (χ3n) is 2.97. The lowest BCUT2D eigenvalue weighted by Gasteiger charge is -2.19. The number of methoxy groups -OCH3 is 1. The van der Waals surface area contributed by atoms with E-state index in [4.69, 9.17) is 14.2 Å². The van der Waals surface area contributed by atoms with Crippen molar-refractivity contribution in [3.8, 4) is 5.75 Å². The largest absolute Gasteiger partial charge is 0.497 e. The summed E-state index contributed by atoms with van der Waals surface area (Å²) in [6.45, 7) is 7.86. The highest BCUT2D eigenvalue weighted by Gasteiger charge is 2.10. The third kappa shape index (κ3) is 6.37. The SMILES string of the molecule is CCCOCCOCC(NCC)c1ccc(OC)cc1. The minimum Gasteiger partial charge on any atom is -0.497 e. The van der Waals surface area contributed by atoms with E-state index in [1.807, 2.05) is 12.1 Å². The van der Waals surface area contributed by atoms with E-state index >= 15 is 0 Å². The van der Waals surface area contributed by atoms with Crippen molar-refractivity contribution in [1.29, 1.82) is 0 Å². The predicted molar refractivity (Wildman–Crippen MR) is 81.3 cm³/mol. The summed E-state index contributed by atoms with van der Waals surface area (Å²) in [5, 5.41) is 3.43. The van der Waals surface area contributed by atoms with E-state index in [-0.39, 0.29) is 6.04 Å². The van der Waals surface area contributed by atoms with Gasteiger partial charge in [0, 0.05) is 6.61 Å². The maximum atomic E-state index is 5.69. The highest BCUT2D eigenvalue weighted by Crippen LogP contribution is 2.18. The Balaban J connectivity index is 2.38. The fourth-order valence-corrected chi connectivity index (χ4v) is 1.92. The molecule has 1 aromatic rings. The van der Waals surface area contributed by atoms with Crippen LogP contribution in [0.5, 0.6) is 5.75 Å². The summed E-state index contributed by atoms with van der Waals surface area (Å²) in [4.78, 5) is 0. The van der Waals surface area contributed by atoms with Crippen LogP contribution >= 0.6 is 0 Å². The average Bonchev–Trinajstić information content (AvgIpc) is 2.50. The van der Waals surface area contributed by atoms with Crippen molar-refractivity contribution in [1.82, 2.24) is 5.32 Å². The number of rotatable bonds is 11. The van der Waals surface area contributed by atoms with Crippen LogP contribution in [-0.4, -0.2) is 40.1 Å². The van der Waals surface area contributed by atoms with Crippen LogP contribution in [0.1, 0.15) is 31.9 Å². The van der Waals surface area contributed by atoms with E-state index < -0.39 is 0 Å². The summed E-state index contributed by atoms with van der Waals surface area (Å²) >= 11 is 0. The summed E-state index contributed by atoms with van der Waals surface area (Å²) in [7, 11) is 1.68. The summed E-state index contributed by atoms with van der Waals surface area (Å²) in [6, 6.07) is 8.30. The van der Waals surface area contributed by atoms with Gasteiger partial charge in [0.1, 0.15) is 5.75 Å². The predicted octanol–water partition coefficient (Wildman–Crippen LogP) is 2.79. The maximum Gasteiger partial charge on any atom is 0.118 e. The molecule has 1 unspecified atom stereocenters. The number of ether oxygens (including phenoxy) is 3. The highest BCUT2D eigenvalue weighted by atomic mass is 16.5. The van der Waals surface area contributed by atoms with E-state index in [0.717, 1.165) is 25.3 Å². The molecule has 0 radical (unpaired) electrons. The van der Waals surface area contributed by atoms with E-state index in [1.54, 1.807) is 7.11 Å². The number of hydrogen-bond acceptors (Lipinski definition) is 4. The van der Waals surface area contributed by atoms with Gasteiger partial charge in [0.05, 0.1) is 33.0 Å². The van der Waals surface area contributed by atoms with Crippen molar-refractivity contribution in [2.24, 2.45) is 0 Å². The van der Waals surface area contributed by atoms with E-state index in [1.165, 1.54) is 5.56 Å². The molecule has 0 saturated heterocycles. The smallest absolute Gasteiger partial charge is 0.118 e. The molecule has 20 heavy (non-hydrogen) atoms. The van der Waals surface area contributed by atoms with Gasteiger partial charge in [-0.25, -0.2) is 0 Å². The van der Waals surface area contributed by atoms with Gasteiger partial charge >= 0.3 is 0 Å². The Morgan fingerprint density at radius 3 is 2.30 bits per heavy atom. The van der Waals surface area contributed by atoms with Gasteiger partial charge in [-0.2, -0.15) is 0 Å². The number of nitrogens with one attached hydrogen (secondary N) is 1. The van der Waals surface area contributed by atoms with Crippen LogP contribution in [0.2, 0.25) is 0 Å². The first-order valence-electron chi connectivity index (χ1n) is 7.34. The molecule has 1 rings (SSSR count). The number of benzene rings is 1. The minimum atomic E-state index is 0.206. The van der Waals surface area contributed by atoms with Gasteiger partial charge in [0.25, 0.3) is 0 Å². The van der Waals surface area contributed by atoms with Crippen molar-refractivity contribution in [2.45, 2.75) is 26.3 Å². The molecule has 0 aromatic heterocycles. The van der Waals surface area contributed by atoms with Crippen LogP contribution in [0.25, 0.3) is 0 Å². The maximum absolute atomic E-state index is 5.69. The number of hydrogen-bond donors (Lipinski definition) is 1. The topological polar surface area (TPSA) is 39.7 Å². The lowest BCUT2D eigenvalue weighted by atomic mass is 10.1. The normalized spacial score (nSPS) is 12.3. The zero-order chi connectivity index (χ0) is 14.6. The first kappa shape index (κ1) is 17.0. The van der Waals surface area contributed by atoms with Gasteiger partial charge in [-0.15, -0.1) is 0 Å². The van der Waals surface area contributed by atoms with Crippen molar-refractivity contribution in [2.75, 3.05) is 40.1 Å². The summed E-state index contributed by atoms with van der Waals surface area (Å²) in [5.74, 6) is 0.873. The molecule has 0 amide bonds. The second-order valence-electron chi connectivity index (χ2n) is 4.57. The Bertz CT molecular complexity index is 340. The average molecular weight is 281 g/mol. The lowest BCUT2D eigenvalue weighted by Crippen LogP contribution is -2.26. The summed E-state index contributed by atoms with van der Waals surface area (Å²) in [6.07, 6.45) is 1.05. The van der Waals surface area contributed by atoms with E-state index in [9.17, 15) is 0 Å². The first-order chi connectivity index (χ1) is 9.81. The van der Waals surface area contributed by atoms with Gasteiger partial charge in [0.15, 0.2) is 0 Å². The molecule has 4 nitrogen and oxygen atoms in total. The summed E-state index contributed by atoms with van der Waals surface area (Å²) in [5.41, 5.74) is 1.21. The van der Waals surface area contributed by atoms with Crippen molar-refractivity contribution in [3.05, 3.63) is 29.8 Å². The molecule has 1 N–H and O–H groups in total. The standard InChI is InChI=1S/C16H27NO3/c1-4-10-19-11-12-20-13-16(17-5-2)14-6-8-15(18-3)9-7-14/h6-9,16-17H,4-5,10-13H2,1-3H3. The van der Waals surface area contributed by atoms with Crippen molar-refractivity contribution >= 4 is 0 Å². The Labute approximate surface area is 122 Å². The highest BCUT2D eigenvalue weighted by molar-refractivity contribution is 5.29. The molecule has 0 fully saturated rings. The van der Waals surface area contributed by atoms with Crippen LogP contribution in [0.4, 0.5) is 0 Å². The fraction of sp³-hybridized carbons (Fsp3) is 0.625. The molecule has 1 aromatic carbocycles. The molecule has 4 heteroatoms. The van der Waals surface area contributed by atoms with Gasteiger partial charge < -0.3 is 19.5 Å². The molecule has 0 aliphatic rings. The quantitative estimate of drug-likeness (QED) is 0.633. The Hall–Kier alpha value is -1.10. The molecular weight excluding hydrogens is 254 g/mol. The molecule has 0 bridgehead atoms. The minimum absolute atomic E-state index is 0.206. The Morgan fingerprint density at radius 1 is 1.00 bits per heavy atom. The molecular formula is C16H27NO3. The summed E-state index contributed by atoms with van der Waals surface area (Å²) < 4.78 is 16.3. The second kappa shape index (κ2) is 10.7. The van der Waals surface area contributed by atoms with Crippen LogP contribution < -0.4 is 10.1 Å². The first-order valence-corrected chi connectivity index (χ1v) is 7.34. The second-order valence-corrected chi connectivity index (χ2v) is 4.57. The van der Waals surface area contributed by atoms with Crippen LogP contribution in [-0.2, 0) is 9.47 Å². The van der Waals surface area contributed by atoms with Gasteiger partial charge in [-0.1, -0.05) is 26.0 Å². The molecule has 0 saturated carbocycles. The van der Waals surface area contributed by atoms with Crippen LogP contribution in [0, 0.1) is 0 Å². The van der Waals surface area contributed by atoms with Gasteiger partial charge in [-0.3, -0.25) is 0 Å². The molecule has 0 aliphatic heterocycles. The molecule has 0 spiro atoms. The molecule has 0 aliphatic carbocycles. The Kier molecular flexibility index (Phi) is 9.04. The fourth-order valence-electron chi connectivity index (χ4n) is 1.92. The molecule has 114 valence electrons. The van der Waals surface area contributed by atoms with Gasteiger partial charge in [-0.05, 0) is 30.7 Å². The lowest BCUT2D eigenvalue weighted by molar-refractivity contribution is 0.0393. The zero-order valence-corrected chi connectivity index (χ0v) is 12.9.